The van der Waals surface area contributed by atoms with Crippen molar-refractivity contribution in [2.75, 3.05) is 13.1 Å². The minimum absolute atomic E-state index is 0.00310. The van der Waals surface area contributed by atoms with Gasteiger partial charge in [0.05, 0.1) is 6.04 Å². The predicted octanol–water partition coefficient (Wildman–Crippen LogP) is 0.732. The molecule has 2 heterocycles. The Labute approximate surface area is 171 Å². The molecule has 0 saturated carbocycles. The molecule has 0 aliphatic carbocycles. The lowest BCUT2D eigenvalue weighted by Crippen LogP contribution is -2.58. The van der Waals surface area contributed by atoms with Crippen LogP contribution in [0.25, 0.3) is 0 Å². The Kier molecular flexibility index (Phi) is 7.09. The number of amides is 4. The SMILES string of the molecule is CC(C)NC(=O)N[C@@H]1C[C@H]2C(=O)NC[C@@H](CCC(=O)NCc3ccccc3)N2C1. The average Bonchev–Trinajstić information content (AvgIpc) is 3.10. The monoisotopic (exact) mass is 401 g/mol. The zero-order valence-corrected chi connectivity index (χ0v) is 17.1. The van der Waals surface area contributed by atoms with E-state index in [2.05, 4.69) is 26.2 Å². The number of rotatable bonds is 7. The second kappa shape index (κ2) is 9.73. The number of hydrogen-bond donors (Lipinski definition) is 4. The Morgan fingerprint density at radius 2 is 2.00 bits per heavy atom. The van der Waals surface area contributed by atoms with Crippen LogP contribution in [0.2, 0.25) is 0 Å². The number of carbonyl (C=O) groups is 3. The van der Waals surface area contributed by atoms with Gasteiger partial charge in [0, 0.05) is 44.2 Å². The highest BCUT2D eigenvalue weighted by molar-refractivity contribution is 5.83. The molecule has 8 nitrogen and oxygen atoms in total. The third kappa shape index (κ3) is 5.93. The van der Waals surface area contributed by atoms with Crippen LogP contribution in [0, 0.1) is 0 Å². The van der Waals surface area contributed by atoms with Gasteiger partial charge in [0.2, 0.25) is 11.8 Å². The molecule has 3 atom stereocenters. The van der Waals surface area contributed by atoms with Crippen LogP contribution < -0.4 is 21.3 Å². The van der Waals surface area contributed by atoms with Crippen LogP contribution >= 0.6 is 0 Å². The van der Waals surface area contributed by atoms with Crippen LogP contribution in [0.5, 0.6) is 0 Å². The molecule has 158 valence electrons. The molecular formula is C21H31N5O3. The number of fused-ring (bicyclic) bond motifs is 1. The van der Waals surface area contributed by atoms with Gasteiger partial charge in [0.25, 0.3) is 0 Å². The lowest BCUT2D eigenvalue weighted by molar-refractivity contribution is -0.129. The molecule has 4 amide bonds. The van der Waals surface area contributed by atoms with Crippen LogP contribution in [-0.2, 0) is 16.1 Å². The standard InChI is InChI=1S/C21H31N5O3/c1-14(2)24-21(29)25-16-10-18-20(28)23-12-17(26(18)13-16)8-9-19(27)22-11-15-6-4-3-5-7-15/h3-7,14,16-18H,8-13H2,1-2H3,(H,22,27)(H,23,28)(H2,24,25,29)/t16-,17-,18+/m1/s1. The van der Waals surface area contributed by atoms with Crippen molar-refractivity contribution >= 4 is 17.8 Å². The number of benzene rings is 1. The molecule has 3 rings (SSSR count). The number of piperazine rings is 1. The first kappa shape index (κ1) is 21.1. The maximum absolute atomic E-state index is 12.3. The molecule has 4 N–H and O–H groups in total. The van der Waals surface area contributed by atoms with Gasteiger partial charge in [-0.3, -0.25) is 14.5 Å². The Morgan fingerprint density at radius 3 is 2.72 bits per heavy atom. The van der Waals surface area contributed by atoms with Crippen molar-refractivity contribution in [3.8, 4) is 0 Å². The Balaban J connectivity index is 1.48. The van der Waals surface area contributed by atoms with Crippen molar-refractivity contribution in [2.45, 2.75) is 63.8 Å². The summed E-state index contributed by atoms with van der Waals surface area (Å²) in [6.07, 6.45) is 1.67. The van der Waals surface area contributed by atoms with Gasteiger partial charge >= 0.3 is 6.03 Å². The van der Waals surface area contributed by atoms with E-state index in [0.29, 0.717) is 38.9 Å². The fourth-order valence-electron chi connectivity index (χ4n) is 4.02. The average molecular weight is 402 g/mol. The second-order valence-corrected chi connectivity index (χ2v) is 8.12. The van der Waals surface area contributed by atoms with Gasteiger partial charge in [-0.2, -0.15) is 0 Å². The van der Waals surface area contributed by atoms with Gasteiger partial charge in [-0.15, -0.1) is 0 Å². The smallest absolute Gasteiger partial charge is 0.315 e. The van der Waals surface area contributed by atoms with Crippen molar-refractivity contribution in [1.29, 1.82) is 0 Å². The topological polar surface area (TPSA) is 103 Å². The van der Waals surface area contributed by atoms with Crippen molar-refractivity contribution in [2.24, 2.45) is 0 Å². The van der Waals surface area contributed by atoms with E-state index in [-0.39, 0.29) is 42.0 Å². The van der Waals surface area contributed by atoms with E-state index in [1.54, 1.807) is 0 Å². The summed E-state index contributed by atoms with van der Waals surface area (Å²) in [7, 11) is 0. The molecular weight excluding hydrogens is 370 g/mol. The van der Waals surface area contributed by atoms with Crippen molar-refractivity contribution in [3.63, 3.8) is 0 Å². The van der Waals surface area contributed by atoms with Crippen LogP contribution in [0.15, 0.2) is 30.3 Å². The molecule has 2 aliphatic heterocycles. The van der Waals surface area contributed by atoms with Gasteiger partial charge in [0.1, 0.15) is 0 Å². The van der Waals surface area contributed by atoms with E-state index >= 15 is 0 Å². The first-order valence-corrected chi connectivity index (χ1v) is 10.3. The maximum Gasteiger partial charge on any atom is 0.315 e. The molecule has 0 unspecified atom stereocenters. The number of nitrogens with one attached hydrogen (secondary N) is 4. The van der Waals surface area contributed by atoms with E-state index in [4.69, 9.17) is 0 Å². The normalized spacial score (nSPS) is 24.0. The highest BCUT2D eigenvalue weighted by atomic mass is 16.2. The van der Waals surface area contributed by atoms with Crippen LogP contribution in [-0.4, -0.2) is 60.0 Å². The van der Waals surface area contributed by atoms with Crippen molar-refractivity contribution < 1.29 is 14.4 Å². The van der Waals surface area contributed by atoms with E-state index in [0.717, 1.165) is 5.56 Å². The van der Waals surface area contributed by atoms with E-state index in [1.807, 2.05) is 44.2 Å². The fourth-order valence-corrected chi connectivity index (χ4v) is 4.02. The minimum Gasteiger partial charge on any atom is -0.353 e. The molecule has 2 fully saturated rings. The summed E-state index contributed by atoms with van der Waals surface area (Å²) in [5.41, 5.74) is 1.07. The lowest BCUT2D eigenvalue weighted by atomic mass is 10.0. The highest BCUT2D eigenvalue weighted by Gasteiger charge is 2.43. The third-order valence-corrected chi connectivity index (χ3v) is 5.42. The van der Waals surface area contributed by atoms with Crippen LogP contribution in [0.1, 0.15) is 38.7 Å². The summed E-state index contributed by atoms with van der Waals surface area (Å²) in [5.74, 6) is 0.0100. The first-order chi connectivity index (χ1) is 13.9. The number of nitrogens with zero attached hydrogens (tertiary/aromatic N) is 1. The summed E-state index contributed by atoms with van der Waals surface area (Å²) in [6, 6.07) is 9.44. The number of carbonyl (C=O) groups excluding carboxylic acids is 3. The molecule has 8 heteroatoms. The predicted molar refractivity (Wildman–Crippen MR) is 110 cm³/mol. The second-order valence-electron chi connectivity index (χ2n) is 8.12. The summed E-state index contributed by atoms with van der Waals surface area (Å²) in [5, 5.41) is 11.7. The van der Waals surface area contributed by atoms with Crippen LogP contribution in [0.3, 0.4) is 0 Å². The van der Waals surface area contributed by atoms with Gasteiger partial charge in [-0.25, -0.2) is 4.79 Å². The fraction of sp³-hybridized carbons (Fsp3) is 0.571. The van der Waals surface area contributed by atoms with Gasteiger partial charge in [0.15, 0.2) is 0 Å². The summed E-state index contributed by atoms with van der Waals surface area (Å²) in [6.45, 7) is 5.49. The van der Waals surface area contributed by atoms with Gasteiger partial charge in [-0.05, 0) is 32.3 Å². The number of urea groups is 1. The third-order valence-electron chi connectivity index (χ3n) is 5.42. The van der Waals surface area contributed by atoms with Crippen LogP contribution in [0.4, 0.5) is 4.79 Å². The molecule has 0 spiro atoms. The highest BCUT2D eigenvalue weighted by Crippen LogP contribution is 2.25. The van der Waals surface area contributed by atoms with E-state index in [9.17, 15) is 14.4 Å². The van der Waals surface area contributed by atoms with E-state index in [1.165, 1.54) is 0 Å². The Hall–Kier alpha value is -2.61. The molecule has 0 aromatic heterocycles. The summed E-state index contributed by atoms with van der Waals surface area (Å²) < 4.78 is 0. The molecule has 0 bridgehead atoms. The minimum atomic E-state index is -0.245. The van der Waals surface area contributed by atoms with Gasteiger partial charge in [-0.1, -0.05) is 30.3 Å². The molecule has 0 radical (unpaired) electrons. The van der Waals surface area contributed by atoms with Crippen molar-refractivity contribution in [1.82, 2.24) is 26.2 Å². The molecule has 1 aromatic carbocycles. The molecule has 1 aromatic rings. The Morgan fingerprint density at radius 1 is 1.24 bits per heavy atom. The summed E-state index contributed by atoms with van der Waals surface area (Å²) >= 11 is 0. The summed E-state index contributed by atoms with van der Waals surface area (Å²) in [4.78, 5) is 38.6. The maximum atomic E-state index is 12.3. The molecule has 2 aliphatic rings. The van der Waals surface area contributed by atoms with Gasteiger partial charge < -0.3 is 21.3 Å². The van der Waals surface area contributed by atoms with E-state index < -0.39 is 0 Å². The lowest BCUT2D eigenvalue weighted by Gasteiger charge is -2.37. The van der Waals surface area contributed by atoms with Crippen molar-refractivity contribution in [3.05, 3.63) is 35.9 Å². The zero-order valence-electron chi connectivity index (χ0n) is 17.1. The molecule has 2 saturated heterocycles. The quantitative estimate of drug-likeness (QED) is 0.541. The first-order valence-electron chi connectivity index (χ1n) is 10.3. The largest absolute Gasteiger partial charge is 0.353 e. The zero-order chi connectivity index (χ0) is 20.8. The number of hydrogen-bond acceptors (Lipinski definition) is 4. The molecule has 29 heavy (non-hydrogen) atoms. The Bertz CT molecular complexity index is 724.